The van der Waals surface area contributed by atoms with Gasteiger partial charge in [-0.2, -0.15) is 0 Å². The first-order valence-corrected chi connectivity index (χ1v) is 6.45. The van der Waals surface area contributed by atoms with Crippen LogP contribution in [0.4, 0.5) is 4.39 Å². The Labute approximate surface area is 109 Å². The van der Waals surface area contributed by atoms with Crippen molar-refractivity contribution in [3.63, 3.8) is 0 Å². The van der Waals surface area contributed by atoms with E-state index in [2.05, 4.69) is 42.1 Å². The molecule has 0 atom stereocenters. The van der Waals surface area contributed by atoms with E-state index in [1.165, 1.54) is 6.07 Å². The maximum absolute atomic E-state index is 13.7. The van der Waals surface area contributed by atoms with Crippen LogP contribution >= 0.6 is 31.9 Å². The Morgan fingerprint density at radius 3 is 2.69 bits per heavy atom. The molecule has 0 saturated heterocycles. The van der Waals surface area contributed by atoms with E-state index in [1.54, 1.807) is 16.7 Å². The third kappa shape index (κ3) is 1.91. The van der Waals surface area contributed by atoms with Gasteiger partial charge in [0.15, 0.2) is 5.82 Å². The molecule has 0 aliphatic rings. The van der Waals surface area contributed by atoms with Gasteiger partial charge in [0.05, 0.1) is 10.9 Å². The average molecular weight is 349 g/mol. The molecule has 0 spiro atoms. The Bertz CT molecular complexity index is 505. The van der Waals surface area contributed by atoms with Crippen LogP contribution in [0.25, 0.3) is 11.4 Å². The molecular formula is C10H8Br2FN3. The minimum absolute atomic E-state index is 0.314. The number of aromatic nitrogens is 3. The summed E-state index contributed by atoms with van der Waals surface area (Å²) in [5, 5.41) is 8.55. The summed E-state index contributed by atoms with van der Waals surface area (Å²) in [6.07, 6.45) is 0. The van der Waals surface area contributed by atoms with Gasteiger partial charge < -0.3 is 4.57 Å². The summed E-state index contributed by atoms with van der Waals surface area (Å²) < 4.78 is 16.1. The van der Waals surface area contributed by atoms with Gasteiger partial charge in [0.1, 0.15) is 11.6 Å². The van der Waals surface area contributed by atoms with Crippen molar-refractivity contribution in [2.24, 2.45) is 7.05 Å². The van der Waals surface area contributed by atoms with Crippen LogP contribution in [0.2, 0.25) is 0 Å². The van der Waals surface area contributed by atoms with E-state index < -0.39 is 0 Å². The molecule has 0 aliphatic heterocycles. The van der Waals surface area contributed by atoms with Crippen molar-refractivity contribution in [2.75, 3.05) is 0 Å². The van der Waals surface area contributed by atoms with Gasteiger partial charge in [-0.3, -0.25) is 0 Å². The van der Waals surface area contributed by atoms with E-state index in [9.17, 15) is 4.39 Å². The van der Waals surface area contributed by atoms with Gasteiger partial charge in [0.2, 0.25) is 0 Å². The Hall–Kier alpha value is -0.750. The fraction of sp³-hybridized carbons (Fsp3) is 0.200. The van der Waals surface area contributed by atoms with Crippen molar-refractivity contribution in [1.29, 1.82) is 0 Å². The van der Waals surface area contributed by atoms with Crippen LogP contribution in [0.5, 0.6) is 0 Å². The van der Waals surface area contributed by atoms with Crippen LogP contribution in [0, 0.1) is 5.82 Å². The highest BCUT2D eigenvalue weighted by Crippen LogP contribution is 2.29. The first-order valence-electron chi connectivity index (χ1n) is 4.53. The first kappa shape index (κ1) is 11.7. The first-order chi connectivity index (χ1) is 7.65. The predicted octanol–water partition coefficient (Wildman–Crippen LogP) is 3.28. The lowest BCUT2D eigenvalue weighted by Crippen LogP contribution is -1.99. The van der Waals surface area contributed by atoms with Gasteiger partial charge in [-0.05, 0) is 28.1 Å². The van der Waals surface area contributed by atoms with Gasteiger partial charge in [-0.1, -0.05) is 22.0 Å². The normalized spacial score (nSPS) is 10.8. The van der Waals surface area contributed by atoms with E-state index in [1.807, 2.05) is 7.05 Å². The maximum Gasteiger partial charge on any atom is 0.167 e. The minimum Gasteiger partial charge on any atom is -0.313 e. The summed E-state index contributed by atoms with van der Waals surface area (Å²) >= 11 is 6.62. The molecule has 16 heavy (non-hydrogen) atoms. The highest BCUT2D eigenvalue weighted by molar-refractivity contribution is 9.10. The molecule has 0 saturated carbocycles. The molecule has 6 heteroatoms. The largest absolute Gasteiger partial charge is 0.313 e. The fourth-order valence-corrected chi connectivity index (χ4v) is 2.41. The summed E-state index contributed by atoms with van der Waals surface area (Å²) in [6.45, 7) is 0. The standard InChI is InChI=1S/C10H8Br2FN3/c1-16-8(5-11)14-15-10(16)9-6(12)3-2-4-7(9)13/h2-4H,5H2,1H3. The molecule has 0 N–H and O–H groups in total. The van der Waals surface area contributed by atoms with Crippen LogP contribution in [-0.2, 0) is 12.4 Å². The number of nitrogens with zero attached hydrogens (tertiary/aromatic N) is 3. The molecule has 0 fully saturated rings. The fourth-order valence-electron chi connectivity index (χ4n) is 1.41. The topological polar surface area (TPSA) is 30.7 Å². The van der Waals surface area contributed by atoms with Crippen molar-refractivity contribution in [3.05, 3.63) is 34.3 Å². The number of hydrogen-bond acceptors (Lipinski definition) is 2. The molecule has 0 radical (unpaired) electrons. The molecule has 3 nitrogen and oxygen atoms in total. The molecule has 0 bridgehead atoms. The van der Waals surface area contributed by atoms with E-state index >= 15 is 0 Å². The minimum atomic E-state index is -0.314. The van der Waals surface area contributed by atoms with Crippen molar-refractivity contribution in [3.8, 4) is 11.4 Å². The third-order valence-electron chi connectivity index (χ3n) is 2.27. The Balaban J connectivity index is 2.63. The summed E-state index contributed by atoms with van der Waals surface area (Å²) in [7, 11) is 1.81. The Morgan fingerprint density at radius 2 is 2.12 bits per heavy atom. The van der Waals surface area contributed by atoms with Crippen LogP contribution in [0.3, 0.4) is 0 Å². The Kier molecular flexibility index (Phi) is 3.39. The van der Waals surface area contributed by atoms with Gasteiger partial charge in [0, 0.05) is 11.5 Å². The van der Waals surface area contributed by atoms with Crippen LogP contribution in [-0.4, -0.2) is 14.8 Å². The lowest BCUT2D eigenvalue weighted by atomic mass is 10.2. The lowest BCUT2D eigenvalue weighted by Gasteiger charge is -2.05. The van der Waals surface area contributed by atoms with Crippen LogP contribution in [0.15, 0.2) is 22.7 Å². The van der Waals surface area contributed by atoms with E-state index in [-0.39, 0.29) is 5.82 Å². The third-order valence-corrected chi connectivity index (χ3v) is 3.43. The van der Waals surface area contributed by atoms with E-state index in [4.69, 9.17) is 0 Å². The zero-order valence-electron chi connectivity index (χ0n) is 8.41. The average Bonchev–Trinajstić information content (AvgIpc) is 2.60. The molecule has 0 unspecified atom stereocenters. The summed E-state index contributed by atoms with van der Waals surface area (Å²) in [5.41, 5.74) is 0.435. The lowest BCUT2D eigenvalue weighted by molar-refractivity contribution is 0.627. The number of rotatable bonds is 2. The molecular weight excluding hydrogens is 341 g/mol. The smallest absolute Gasteiger partial charge is 0.167 e. The second-order valence-electron chi connectivity index (χ2n) is 3.23. The number of alkyl halides is 1. The van der Waals surface area contributed by atoms with Crippen molar-refractivity contribution in [1.82, 2.24) is 14.8 Å². The second-order valence-corrected chi connectivity index (χ2v) is 4.64. The zero-order valence-corrected chi connectivity index (χ0v) is 11.6. The molecule has 2 aromatic rings. The number of benzene rings is 1. The van der Waals surface area contributed by atoms with Gasteiger partial charge in [-0.25, -0.2) is 4.39 Å². The second kappa shape index (κ2) is 4.63. The number of hydrogen-bond donors (Lipinski definition) is 0. The predicted molar refractivity (Wildman–Crippen MR) is 66.7 cm³/mol. The summed E-state index contributed by atoms with van der Waals surface area (Å²) in [5.74, 6) is 0.954. The highest BCUT2D eigenvalue weighted by Gasteiger charge is 2.16. The molecule has 0 aliphatic carbocycles. The van der Waals surface area contributed by atoms with Gasteiger partial charge >= 0.3 is 0 Å². The van der Waals surface area contributed by atoms with Crippen LogP contribution < -0.4 is 0 Å². The van der Waals surface area contributed by atoms with Crippen molar-refractivity contribution >= 4 is 31.9 Å². The van der Waals surface area contributed by atoms with E-state index in [0.717, 1.165) is 5.82 Å². The Morgan fingerprint density at radius 1 is 1.38 bits per heavy atom. The van der Waals surface area contributed by atoms with Crippen molar-refractivity contribution in [2.45, 2.75) is 5.33 Å². The molecule has 1 aromatic heterocycles. The molecule has 2 rings (SSSR count). The van der Waals surface area contributed by atoms with Crippen molar-refractivity contribution < 1.29 is 4.39 Å². The SMILES string of the molecule is Cn1c(CBr)nnc1-c1c(F)cccc1Br. The number of halogens is 3. The summed E-state index contributed by atoms with van der Waals surface area (Å²) in [6, 6.07) is 4.83. The maximum atomic E-state index is 13.7. The molecule has 0 amide bonds. The quantitative estimate of drug-likeness (QED) is 0.780. The zero-order chi connectivity index (χ0) is 11.7. The molecule has 1 heterocycles. The summed E-state index contributed by atoms with van der Waals surface area (Å²) in [4.78, 5) is 0. The molecule has 1 aromatic carbocycles. The van der Waals surface area contributed by atoms with Gasteiger partial charge in [0.25, 0.3) is 0 Å². The van der Waals surface area contributed by atoms with Crippen LogP contribution in [0.1, 0.15) is 5.82 Å². The highest BCUT2D eigenvalue weighted by atomic mass is 79.9. The van der Waals surface area contributed by atoms with E-state index in [0.29, 0.717) is 21.2 Å². The molecule has 84 valence electrons. The monoisotopic (exact) mass is 347 g/mol. The van der Waals surface area contributed by atoms with Gasteiger partial charge in [-0.15, -0.1) is 10.2 Å².